The lowest BCUT2D eigenvalue weighted by molar-refractivity contribution is 0.0958. The van der Waals surface area contributed by atoms with Gasteiger partial charge in [0.2, 0.25) is 0 Å². The van der Waals surface area contributed by atoms with Crippen molar-refractivity contribution < 1.29 is 4.79 Å². The maximum Gasteiger partial charge on any atom is 0.261 e. The van der Waals surface area contributed by atoms with Gasteiger partial charge in [-0.2, -0.15) is 11.8 Å². The highest BCUT2D eigenvalue weighted by molar-refractivity contribution is 9.11. The first-order chi connectivity index (χ1) is 12.0. The van der Waals surface area contributed by atoms with E-state index in [0.717, 1.165) is 10.2 Å². The Bertz CT molecular complexity index is 977. The molecule has 0 atom stereocenters. The molecule has 0 aliphatic rings. The molecule has 3 aromatic rings. The molecule has 0 saturated heterocycles. The molecule has 0 spiro atoms. The Balaban J connectivity index is 1.78. The molecule has 1 amide bonds. The van der Waals surface area contributed by atoms with Gasteiger partial charge in [-0.05, 0) is 53.2 Å². The van der Waals surface area contributed by atoms with E-state index in [1.54, 1.807) is 30.0 Å². The lowest BCUT2D eigenvalue weighted by atomic mass is 10.2. The van der Waals surface area contributed by atoms with Gasteiger partial charge in [0.05, 0.1) is 19.8 Å². The maximum atomic E-state index is 12.5. The average Bonchev–Trinajstić information content (AvgIpc) is 3.11. The fraction of sp³-hybridized carbons (Fsp3) is 0.312. The second-order valence-corrected chi connectivity index (χ2v) is 9.81. The number of aromatic nitrogens is 2. The van der Waals surface area contributed by atoms with Gasteiger partial charge >= 0.3 is 0 Å². The van der Waals surface area contributed by atoms with Crippen molar-refractivity contribution in [3.05, 3.63) is 47.4 Å². The molecule has 25 heavy (non-hydrogen) atoms. The number of nitrogens with zero attached hydrogens (tertiary/aromatic N) is 1. The molecule has 0 aliphatic carbocycles. The molecule has 3 aromatic heterocycles. The van der Waals surface area contributed by atoms with Crippen LogP contribution in [0.4, 0.5) is 0 Å². The molecule has 3 heterocycles. The topological polar surface area (TPSA) is 74.8 Å². The summed E-state index contributed by atoms with van der Waals surface area (Å²) < 4.78 is 1.08. The predicted octanol–water partition coefficient (Wildman–Crippen LogP) is 3.95. The first-order valence-electron chi connectivity index (χ1n) is 7.53. The van der Waals surface area contributed by atoms with E-state index in [1.165, 1.54) is 16.2 Å². The van der Waals surface area contributed by atoms with Crippen LogP contribution in [0.1, 0.15) is 25.9 Å². The normalized spacial score (nSPS) is 11.2. The molecule has 0 bridgehead atoms. The van der Waals surface area contributed by atoms with Gasteiger partial charge in [-0.1, -0.05) is 0 Å². The SMILES string of the molecule is CSCc1nc2sc(C(=O)NCCc3ccc(Br)s3)c(C)c2c(=O)[nH]1. The monoisotopic (exact) mass is 457 g/mol. The number of carbonyl (C=O) groups excluding carboxylic acids is 1. The minimum absolute atomic E-state index is 0.151. The molecule has 2 N–H and O–H groups in total. The van der Waals surface area contributed by atoms with E-state index in [0.29, 0.717) is 38.8 Å². The van der Waals surface area contributed by atoms with E-state index in [9.17, 15) is 9.59 Å². The van der Waals surface area contributed by atoms with Crippen LogP contribution in [-0.2, 0) is 12.2 Å². The molecule has 5 nitrogen and oxygen atoms in total. The Morgan fingerprint density at radius 2 is 2.20 bits per heavy atom. The number of carbonyl (C=O) groups is 1. The Morgan fingerprint density at radius 1 is 1.40 bits per heavy atom. The van der Waals surface area contributed by atoms with E-state index in [2.05, 4.69) is 31.2 Å². The van der Waals surface area contributed by atoms with Crippen molar-refractivity contribution in [3.8, 4) is 0 Å². The number of halogens is 1. The van der Waals surface area contributed by atoms with Gasteiger partial charge < -0.3 is 10.3 Å². The van der Waals surface area contributed by atoms with Crippen LogP contribution in [0.15, 0.2) is 20.7 Å². The number of H-pyrrole nitrogens is 1. The fourth-order valence-corrected chi connectivity index (χ4v) is 5.49. The summed E-state index contributed by atoms with van der Waals surface area (Å²) in [6.45, 7) is 2.36. The summed E-state index contributed by atoms with van der Waals surface area (Å²) in [5.74, 6) is 1.13. The Labute approximate surface area is 165 Å². The van der Waals surface area contributed by atoms with Gasteiger partial charge in [0.1, 0.15) is 10.7 Å². The van der Waals surface area contributed by atoms with Crippen LogP contribution in [0.5, 0.6) is 0 Å². The van der Waals surface area contributed by atoms with Gasteiger partial charge in [-0.25, -0.2) is 4.98 Å². The Hall–Kier alpha value is -1.16. The van der Waals surface area contributed by atoms with E-state index >= 15 is 0 Å². The van der Waals surface area contributed by atoms with Crippen LogP contribution < -0.4 is 10.9 Å². The first-order valence-corrected chi connectivity index (χ1v) is 11.3. The van der Waals surface area contributed by atoms with Gasteiger partial charge in [0.15, 0.2) is 0 Å². The van der Waals surface area contributed by atoms with E-state index in [1.807, 2.05) is 18.4 Å². The molecule has 0 unspecified atom stereocenters. The van der Waals surface area contributed by atoms with Crippen molar-refractivity contribution in [1.29, 1.82) is 0 Å². The summed E-state index contributed by atoms with van der Waals surface area (Å²) in [5, 5.41) is 3.45. The molecule has 0 fully saturated rings. The number of hydrogen-bond donors (Lipinski definition) is 2. The zero-order valence-electron chi connectivity index (χ0n) is 13.6. The number of hydrogen-bond acceptors (Lipinski definition) is 6. The summed E-state index contributed by atoms with van der Waals surface area (Å²) in [6, 6.07) is 4.05. The van der Waals surface area contributed by atoms with Crippen molar-refractivity contribution in [2.45, 2.75) is 19.1 Å². The van der Waals surface area contributed by atoms with Crippen LogP contribution in [0.2, 0.25) is 0 Å². The fourth-order valence-electron chi connectivity index (χ4n) is 2.48. The summed E-state index contributed by atoms with van der Waals surface area (Å²) in [6.07, 6.45) is 2.73. The third-order valence-corrected chi connectivity index (χ3v) is 7.05. The molecule has 132 valence electrons. The van der Waals surface area contributed by atoms with E-state index < -0.39 is 0 Å². The minimum atomic E-state index is -0.176. The first kappa shape index (κ1) is 18.6. The number of fused-ring (bicyclic) bond motifs is 1. The highest BCUT2D eigenvalue weighted by Crippen LogP contribution is 2.27. The zero-order chi connectivity index (χ0) is 18.0. The van der Waals surface area contributed by atoms with Crippen molar-refractivity contribution in [3.63, 3.8) is 0 Å². The molecule has 0 saturated carbocycles. The Kier molecular flexibility index (Phi) is 5.98. The highest BCUT2D eigenvalue weighted by Gasteiger charge is 2.19. The largest absolute Gasteiger partial charge is 0.351 e. The van der Waals surface area contributed by atoms with E-state index in [-0.39, 0.29) is 11.5 Å². The smallest absolute Gasteiger partial charge is 0.261 e. The number of aromatic amines is 1. The van der Waals surface area contributed by atoms with Crippen molar-refractivity contribution in [2.24, 2.45) is 0 Å². The number of rotatable bonds is 6. The third kappa shape index (κ3) is 4.16. The summed E-state index contributed by atoms with van der Waals surface area (Å²) >= 11 is 7.96. The van der Waals surface area contributed by atoms with Gasteiger partial charge in [0, 0.05) is 11.4 Å². The van der Waals surface area contributed by atoms with Crippen LogP contribution in [0.25, 0.3) is 10.2 Å². The lowest BCUT2D eigenvalue weighted by Crippen LogP contribution is -2.25. The molecular weight excluding hydrogens is 442 g/mol. The maximum absolute atomic E-state index is 12.5. The molecule has 0 radical (unpaired) electrons. The van der Waals surface area contributed by atoms with Gasteiger partial charge in [-0.15, -0.1) is 22.7 Å². The van der Waals surface area contributed by atoms with E-state index in [4.69, 9.17) is 0 Å². The van der Waals surface area contributed by atoms with Gasteiger partial charge in [0.25, 0.3) is 11.5 Å². The molecule has 0 aliphatic heterocycles. The lowest BCUT2D eigenvalue weighted by Gasteiger charge is -2.03. The number of aryl methyl sites for hydroxylation is 1. The average molecular weight is 458 g/mol. The minimum Gasteiger partial charge on any atom is -0.351 e. The standard InChI is InChI=1S/C16H16BrN3O2S3/c1-8-12-14(21)19-11(7-23-2)20-16(12)25-13(8)15(22)18-6-5-9-3-4-10(17)24-9/h3-4H,5-7H2,1-2H3,(H,18,22)(H,19,20,21). The Morgan fingerprint density at radius 3 is 2.88 bits per heavy atom. The van der Waals surface area contributed by atoms with Crippen molar-refractivity contribution >= 4 is 66.5 Å². The van der Waals surface area contributed by atoms with Gasteiger partial charge in [-0.3, -0.25) is 9.59 Å². The zero-order valence-corrected chi connectivity index (χ0v) is 17.7. The highest BCUT2D eigenvalue weighted by atomic mass is 79.9. The number of thioether (sulfide) groups is 1. The number of amides is 1. The van der Waals surface area contributed by atoms with Crippen LogP contribution in [-0.4, -0.2) is 28.7 Å². The molecule has 9 heteroatoms. The summed E-state index contributed by atoms with van der Waals surface area (Å²) in [5.41, 5.74) is 0.520. The molecular formula is C16H16BrN3O2S3. The van der Waals surface area contributed by atoms with Crippen molar-refractivity contribution in [2.75, 3.05) is 12.8 Å². The van der Waals surface area contributed by atoms with Crippen LogP contribution in [0, 0.1) is 6.92 Å². The quantitative estimate of drug-likeness (QED) is 0.587. The van der Waals surface area contributed by atoms with Crippen molar-refractivity contribution in [1.82, 2.24) is 15.3 Å². The molecule has 0 aromatic carbocycles. The molecule has 3 rings (SSSR count). The summed E-state index contributed by atoms with van der Waals surface area (Å²) in [4.78, 5) is 34.5. The third-order valence-electron chi connectivity index (χ3n) is 3.62. The van der Waals surface area contributed by atoms with Crippen LogP contribution in [0.3, 0.4) is 0 Å². The second-order valence-electron chi connectivity index (χ2n) is 5.39. The number of nitrogens with one attached hydrogen (secondary N) is 2. The summed E-state index contributed by atoms with van der Waals surface area (Å²) in [7, 11) is 0. The number of thiophene rings is 2. The second kappa shape index (κ2) is 8.03. The van der Waals surface area contributed by atoms with Crippen LogP contribution >= 0.6 is 50.4 Å². The predicted molar refractivity (Wildman–Crippen MR) is 110 cm³/mol.